The molecule has 0 saturated heterocycles. The molecule has 3 aromatic carbocycles. The molecular weight excluding hydrogens is 416 g/mol. The summed E-state index contributed by atoms with van der Waals surface area (Å²) in [5.74, 6) is 0.178. The first-order chi connectivity index (χ1) is 14.6. The third-order valence-corrected chi connectivity index (χ3v) is 5.99. The first-order valence-corrected chi connectivity index (χ1v) is 11.1. The number of carbonyl (C=O) groups is 1. The lowest BCUT2D eigenvalue weighted by atomic mass is 9.93. The van der Waals surface area contributed by atoms with Gasteiger partial charge < -0.3 is 9.84 Å². The molecule has 3 nitrogen and oxygen atoms in total. The fourth-order valence-corrected chi connectivity index (χ4v) is 4.27. The predicted molar refractivity (Wildman–Crippen MR) is 125 cm³/mol. The lowest BCUT2D eigenvalue weighted by Gasteiger charge is -2.13. The topological polar surface area (TPSA) is 46.5 Å². The molecule has 0 bridgehead atoms. The molecule has 0 aliphatic heterocycles. The molecule has 0 atom stereocenters. The molecule has 0 amide bonds. The standard InChI is InChI=1S/C25H23ClO3S/c1-2-18-8-6-7-11-21(18)22(19-9-4-3-5-10-19)14-15-30-24-13-12-20(16-23(24)26)29-17-25(27)28/h3-14,16H,2,15,17H2,1H3,(H,27,28). The van der Waals surface area contributed by atoms with Gasteiger partial charge in [-0.05, 0) is 46.9 Å². The van der Waals surface area contributed by atoms with E-state index in [1.165, 1.54) is 22.3 Å². The number of halogens is 1. The van der Waals surface area contributed by atoms with Crippen molar-refractivity contribution in [3.8, 4) is 5.75 Å². The predicted octanol–water partition coefficient (Wildman–Crippen LogP) is 6.59. The van der Waals surface area contributed by atoms with Crippen LogP contribution in [-0.4, -0.2) is 23.4 Å². The number of aliphatic carboxylic acids is 1. The second kappa shape index (κ2) is 10.9. The van der Waals surface area contributed by atoms with Gasteiger partial charge in [-0.2, -0.15) is 0 Å². The molecule has 0 unspecified atom stereocenters. The lowest BCUT2D eigenvalue weighted by molar-refractivity contribution is -0.139. The average molecular weight is 439 g/mol. The minimum atomic E-state index is -1.02. The number of ether oxygens (including phenoxy) is 1. The third-order valence-electron chi connectivity index (χ3n) is 4.57. The molecule has 5 heteroatoms. The number of thioether (sulfide) groups is 1. The summed E-state index contributed by atoms with van der Waals surface area (Å²) < 4.78 is 5.18. The number of aryl methyl sites for hydroxylation is 1. The van der Waals surface area contributed by atoms with Crippen molar-refractivity contribution in [1.82, 2.24) is 0 Å². The van der Waals surface area contributed by atoms with Crippen molar-refractivity contribution in [2.45, 2.75) is 18.2 Å². The summed E-state index contributed by atoms with van der Waals surface area (Å²) in [5.41, 5.74) is 4.95. The quantitative estimate of drug-likeness (QED) is 0.383. The lowest BCUT2D eigenvalue weighted by Crippen LogP contribution is -2.09. The zero-order valence-electron chi connectivity index (χ0n) is 16.7. The van der Waals surface area contributed by atoms with Crippen molar-refractivity contribution in [2.24, 2.45) is 0 Å². The summed E-state index contributed by atoms with van der Waals surface area (Å²) >= 11 is 8.00. The van der Waals surface area contributed by atoms with Gasteiger partial charge in [0.05, 0.1) is 5.02 Å². The largest absolute Gasteiger partial charge is 0.482 e. The van der Waals surface area contributed by atoms with Gasteiger partial charge in [0.2, 0.25) is 0 Å². The van der Waals surface area contributed by atoms with Gasteiger partial charge in [-0.25, -0.2) is 4.79 Å². The van der Waals surface area contributed by atoms with Crippen molar-refractivity contribution in [3.63, 3.8) is 0 Å². The smallest absolute Gasteiger partial charge is 0.341 e. The van der Waals surface area contributed by atoms with E-state index in [9.17, 15) is 4.79 Å². The van der Waals surface area contributed by atoms with Gasteiger partial charge in [-0.15, -0.1) is 11.8 Å². The first kappa shape index (κ1) is 22.0. The van der Waals surface area contributed by atoms with Crippen LogP contribution in [0.3, 0.4) is 0 Å². The van der Waals surface area contributed by atoms with E-state index in [1.807, 2.05) is 12.1 Å². The van der Waals surface area contributed by atoms with Gasteiger partial charge >= 0.3 is 5.97 Å². The van der Waals surface area contributed by atoms with Crippen LogP contribution in [0.5, 0.6) is 5.75 Å². The van der Waals surface area contributed by atoms with Crippen LogP contribution < -0.4 is 4.74 Å². The maximum Gasteiger partial charge on any atom is 0.341 e. The van der Waals surface area contributed by atoms with E-state index in [0.717, 1.165) is 17.1 Å². The molecule has 0 heterocycles. The molecule has 0 saturated carbocycles. The second-order valence-corrected chi connectivity index (χ2v) is 8.05. The minimum absolute atomic E-state index is 0.386. The van der Waals surface area contributed by atoms with E-state index in [2.05, 4.69) is 61.5 Å². The van der Waals surface area contributed by atoms with Crippen molar-refractivity contribution < 1.29 is 14.6 Å². The fourth-order valence-electron chi connectivity index (χ4n) is 3.14. The van der Waals surface area contributed by atoms with Crippen molar-refractivity contribution in [3.05, 3.63) is 101 Å². The summed E-state index contributed by atoms with van der Waals surface area (Å²) in [4.78, 5) is 11.6. The number of carboxylic acid groups (broad SMARTS) is 1. The third kappa shape index (κ3) is 5.91. The second-order valence-electron chi connectivity index (χ2n) is 6.58. The zero-order valence-corrected chi connectivity index (χ0v) is 18.2. The van der Waals surface area contributed by atoms with Gasteiger partial charge in [0.15, 0.2) is 6.61 Å². The maximum atomic E-state index is 10.6. The van der Waals surface area contributed by atoms with Crippen LogP contribution in [0, 0.1) is 0 Å². The highest BCUT2D eigenvalue weighted by Gasteiger charge is 2.10. The molecule has 0 spiro atoms. The number of hydrogen-bond donors (Lipinski definition) is 1. The highest BCUT2D eigenvalue weighted by atomic mass is 35.5. The van der Waals surface area contributed by atoms with Crippen LogP contribution in [-0.2, 0) is 11.2 Å². The number of rotatable bonds is 9. The van der Waals surface area contributed by atoms with E-state index in [0.29, 0.717) is 10.8 Å². The molecule has 0 aliphatic rings. The fraction of sp³-hybridized carbons (Fsp3) is 0.160. The Labute approximate surface area is 186 Å². The highest BCUT2D eigenvalue weighted by molar-refractivity contribution is 7.99. The van der Waals surface area contributed by atoms with Crippen molar-refractivity contribution >= 4 is 34.9 Å². The maximum absolute atomic E-state index is 10.6. The summed E-state index contributed by atoms with van der Waals surface area (Å²) in [6, 6.07) is 24.1. The Morgan fingerprint density at radius 1 is 1.07 bits per heavy atom. The highest BCUT2D eigenvalue weighted by Crippen LogP contribution is 2.33. The SMILES string of the molecule is CCc1ccccc1C(=CCSc1ccc(OCC(=O)O)cc1Cl)c1ccccc1. The van der Waals surface area contributed by atoms with Gasteiger partial charge in [-0.1, -0.05) is 79.2 Å². The summed E-state index contributed by atoms with van der Waals surface area (Å²) in [5, 5.41) is 9.27. The Hall–Kier alpha value is -2.69. The van der Waals surface area contributed by atoms with E-state index >= 15 is 0 Å². The average Bonchev–Trinajstić information content (AvgIpc) is 2.77. The Bertz CT molecular complexity index is 1030. The van der Waals surface area contributed by atoms with E-state index < -0.39 is 5.97 Å². The number of benzene rings is 3. The molecule has 30 heavy (non-hydrogen) atoms. The molecule has 154 valence electrons. The van der Waals surface area contributed by atoms with Gasteiger partial charge in [0.25, 0.3) is 0 Å². The van der Waals surface area contributed by atoms with Crippen LogP contribution in [0.4, 0.5) is 0 Å². The molecule has 0 radical (unpaired) electrons. The summed E-state index contributed by atoms with van der Waals surface area (Å²) in [6.07, 6.45) is 3.21. The Balaban J connectivity index is 1.81. The van der Waals surface area contributed by atoms with Crippen LogP contribution in [0.25, 0.3) is 5.57 Å². The molecule has 3 rings (SSSR count). The van der Waals surface area contributed by atoms with Gasteiger partial charge in [0.1, 0.15) is 5.75 Å². The minimum Gasteiger partial charge on any atom is -0.482 e. The molecule has 0 fully saturated rings. The molecular formula is C25H23ClO3S. The number of carboxylic acids is 1. The molecule has 0 aliphatic carbocycles. The van der Waals surface area contributed by atoms with Gasteiger partial charge in [-0.3, -0.25) is 0 Å². The zero-order chi connectivity index (χ0) is 21.3. The van der Waals surface area contributed by atoms with Crippen LogP contribution >= 0.6 is 23.4 Å². The first-order valence-electron chi connectivity index (χ1n) is 9.69. The van der Waals surface area contributed by atoms with E-state index in [4.69, 9.17) is 21.4 Å². The van der Waals surface area contributed by atoms with Crippen molar-refractivity contribution in [2.75, 3.05) is 12.4 Å². The van der Waals surface area contributed by atoms with Crippen LogP contribution in [0.1, 0.15) is 23.6 Å². The molecule has 0 aromatic heterocycles. The monoisotopic (exact) mass is 438 g/mol. The van der Waals surface area contributed by atoms with E-state index in [-0.39, 0.29) is 6.61 Å². The summed E-state index contributed by atoms with van der Waals surface area (Å²) in [7, 11) is 0. The van der Waals surface area contributed by atoms with Crippen LogP contribution in [0.2, 0.25) is 5.02 Å². The van der Waals surface area contributed by atoms with Crippen LogP contribution in [0.15, 0.2) is 83.8 Å². The molecule has 1 N–H and O–H groups in total. The van der Waals surface area contributed by atoms with Gasteiger partial charge in [0, 0.05) is 10.6 Å². The van der Waals surface area contributed by atoms with Crippen molar-refractivity contribution in [1.29, 1.82) is 0 Å². The Morgan fingerprint density at radius 3 is 2.50 bits per heavy atom. The Kier molecular flexibility index (Phi) is 8.00. The molecule has 3 aromatic rings. The summed E-state index contributed by atoms with van der Waals surface area (Å²) in [6.45, 7) is 1.78. The number of hydrogen-bond acceptors (Lipinski definition) is 3. The van der Waals surface area contributed by atoms with E-state index in [1.54, 1.807) is 23.9 Å². The Morgan fingerprint density at radius 2 is 1.80 bits per heavy atom. The normalized spacial score (nSPS) is 11.3.